The Bertz CT molecular complexity index is 576. The van der Waals surface area contributed by atoms with Gasteiger partial charge in [0.25, 0.3) is 0 Å². The molecule has 8 heteroatoms. The summed E-state index contributed by atoms with van der Waals surface area (Å²) in [6.45, 7) is 1.96. The Morgan fingerprint density at radius 3 is 2.78 bits per heavy atom. The van der Waals surface area contributed by atoms with Gasteiger partial charge in [0.15, 0.2) is 5.03 Å². The van der Waals surface area contributed by atoms with Crippen LogP contribution in [0, 0.1) is 10.1 Å². The summed E-state index contributed by atoms with van der Waals surface area (Å²) in [5, 5.41) is 18.9. The number of hydrazine groups is 1. The molecule has 94 valence electrons. The maximum atomic E-state index is 10.6. The molecule has 0 spiro atoms. The molecule has 1 aliphatic heterocycles. The van der Waals surface area contributed by atoms with Gasteiger partial charge in [0.2, 0.25) is 5.58 Å². The third-order valence-electron chi connectivity index (χ3n) is 3.08. The average molecular weight is 249 g/mol. The molecule has 1 aliphatic rings. The minimum Gasteiger partial charge on any atom is -0.364 e. The van der Waals surface area contributed by atoms with E-state index in [-0.39, 0.29) is 5.03 Å². The summed E-state index contributed by atoms with van der Waals surface area (Å²) in [5.41, 5.74) is 2.22. The first-order valence-electron chi connectivity index (χ1n) is 5.61. The molecule has 0 N–H and O–H groups in total. The smallest absolute Gasteiger partial charge is 0.210 e. The van der Waals surface area contributed by atoms with Crippen LogP contribution in [0.5, 0.6) is 0 Å². The highest BCUT2D eigenvalue weighted by Crippen LogP contribution is 2.25. The number of fused-ring (bicyclic) bond motifs is 1. The standard InChI is InChI=1S/C10H11N5O3/c16-15(17)14-6-4-13(5-7-14)9-3-1-2-8-10(9)18-12-11-8/h1-3H,4-7H2. The molecule has 0 amide bonds. The summed E-state index contributed by atoms with van der Waals surface area (Å²) in [6.07, 6.45) is 0. The van der Waals surface area contributed by atoms with Gasteiger partial charge >= 0.3 is 0 Å². The third-order valence-corrected chi connectivity index (χ3v) is 3.08. The Morgan fingerprint density at radius 2 is 2.06 bits per heavy atom. The fourth-order valence-electron chi connectivity index (χ4n) is 2.14. The number of rotatable bonds is 2. The van der Waals surface area contributed by atoms with E-state index >= 15 is 0 Å². The Hall–Kier alpha value is -2.38. The van der Waals surface area contributed by atoms with Crippen molar-refractivity contribution in [1.82, 2.24) is 15.4 Å². The third kappa shape index (κ3) is 1.71. The second-order valence-corrected chi connectivity index (χ2v) is 4.08. The molecule has 1 saturated heterocycles. The van der Waals surface area contributed by atoms with Crippen LogP contribution in [-0.2, 0) is 0 Å². The average Bonchev–Trinajstić information content (AvgIpc) is 2.87. The van der Waals surface area contributed by atoms with E-state index in [4.69, 9.17) is 4.52 Å². The molecule has 1 fully saturated rings. The van der Waals surface area contributed by atoms with Gasteiger partial charge < -0.3 is 9.42 Å². The van der Waals surface area contributed by atoms with Crippen molar-refractivity contribution < 1.29 is 9.56 Å². The lowest BCUT2D eigenvalue weighted by Crippen LogP contribution is -2.48. The van der Waals surface area contributed by atoms with Gasteiger partial charge in [0.1, 0.15) is 5.52 Å². The van der Waals surface area contributed by atoms with Gasteiger partial charge in [-0.25, -0.2) is 10.1 Å². The largest absolute Gasteiger partial charge is 0.364 e. The summed E-state index contributed by atoms with van der Waals surface area (Å²) in [4.78, 5) is 12.7. The monoisotopic (exact) mass is 249 g/mol. The molecule has 18 heavy (non-hydrogen) atoms. The van der Waals surface area contributed by atoms with Crippen LogP contribution in [-0.4, -0.2) is 46.6 Å². The SMILES string of the molecule is O=[N+]([O-])N1CCN(c2cccc3nnoc23)CC1. The summed E-state index contributed by atoms with van der Waals surface area (Å²) in [7, 11) is 0. The van der Waals surface area contributed by atoms with Crippen LogP contribution in [0.25, 0.3) is 11.1 Å². The first kappa shape index (κ1) is 10.8. The van der Waals surface area contributed by atoms with Gasteiger partial charge in [0, 0.05) is 18.4 Å². The lowest BCUT2D eigenvalue weighted by Gasteiger charge is -2.31. The van der Waals surface area contributed by atoms with Crippen LogP contribution < -0.4 is 4.90 Å². The highest BCUT2D eigenvalue weighted by molar-refractivity contribution is 5.86. The number of hydrogen-bond donors (Lipinski definition) is 0. The van der Waals surface area contributed by atoms with Crippen LogP contribution in [0.15, 0.2) is 22.7 Å². The second kappa shape index (κ2) is 4.13. The number of nitrogens with zero attached hydrogens (tertiary/aromatic N) is 5. The molecule has 2 heterocycles. The number of hydrogen-bond acceptors (Lipinski definition) is 6. The predicted molar refractivity (Wildman–Crippen MR) is 62.6 cm³/mol. The Morgan fingerprint density at radius 1 is 1.28 bits per heavy atom. The minimum absolute atomic E-state index is 0.353. The number of benzene rings is 1. The van der Waals surface area contributed by atoms with E-state index in [1.54, 1.807) is 0 Å². The molecule has 3 rings (SSSR count). The van der Waals surface area contributed by atoms with Gasteiger partial charge in [-0.2, -0.15) is 0 Å². The number of anilines is 1. The predicted octanol–water partition coefficient (Wildman–Crippen LogP) is 0.536. The van der Waals surface area contributed by atoms with Crippen LogP contribution in [0.3, 0.4) is 0 Å². The zero-order valence-corrected chi connectivity index (χ0v) is 9.52. The molecule has 0 unspecified atom stereocenters. The molecule has 0 aliphatic carbocycles. The molecule has 0 bridgehead atoms. The normalized spacial score (nSPS) is 16.2. The Kier molecular flexibility index (Phi) is 2.47. The summed E-state index contributed by atoms with van der Waals surface area (Å²) in [6, 6.07) is 5.61. The lowest BCUT2D eigenvalue weighted by atomic mass is 10.2. The fraction of sp³-hybridized carbons (Fsp3) is 0.400. The Labute approximate surface area is 102 Å². The van der Waals surface area contributed by atoms with Crippen molar-refractivity contribution in [2.45, 2.75) is 0 Å². The Balaban J connectivity index is 1.84. The maximum Gasteiger partial charge on any atom is 0.210 e. The van der Waals surface area contributed by atoms with Crippen LogP contribution >= 0.6 is 0 Å². The van der Waals surface area contributed by atoms with Crippen molar-refractivity contribution in [2.24, 2.45) is 0 Å². The quantitative estimate of drug-likeness (QED) is 0.566. The first-order chi connectivity index (χ1) is 8.75. The topological polar surface area (TPSA) is 88.5 Å². The van der Waals surface area contributed by atoms with Crippen LogP contribution in [0.4, 0.5) is 5.69 Å². The van der Waals surface area contributed by atoms with Gasteiger partial charge in [-0.15, -0.1) is 10.1 Å². The molecule has 2 aromatic rings. The second-order valence-electron chi connectivity index (χ2n) is 4.08. The van der Waals surface area contributed by atoms with Gasteiger partial charge in [-0.05, 0) is 12.1 Å². The molecule has 0 atom stereocenters. The number of para-hydroxylation sites is 1. The summed E-state index contributed by atoms with van der Waals surface area (Å²) < 4.78 is 5.13. The molecule has 1 aromatic heterocycles. The van der Waals surface area contributed by atoms with E-state index in [1.165, 1.54) is 5.01 Å². The molecular formula is C10H11N5O3. The van der Waals surface area contributed by atoms with Crippen molar-refractivity contribution in [1.29, 1.82) is 0 Å². The van der Waals surface area contributed by atoms with Crippen molar-refractivity contribution in [3.8, 4) is 0 Å². The fourth-order valence-corrected chi connectivity index (χ4v) is 2.14. The summed E-state index contributed by atoms with van der Waals surface area (Å²) in [5.74, 6) is 0. The van der Waals surface area contributed by atoms with Gasteiger partial charge in [0.05, 0.1) is 18.8 Å². The lowest BCUT2D eigenvalue weighted by molar-refractivity contribution is -0.655. The molecular weight excluding hydrogens is 238 g/mol. The van der Waals surface area contributed by atoms with Crippen molar-refractivity contribution in [3.63, 3.8) is 0 Å². The number of aromatic nitrogens is 2. The highest BCUT2D eigenvalue weighted by Gasteiger charge is 2.24. The number of piperazine rings is 1. The van der Waals surface area contributed by atoms with E-state index < -0.39 is 0 Å². The maximum absolute atomic E-state index is 10.6. The van der Waals surface area contributed by atoms with Gasteiger partial charge in [-0.1, -0.05) is 6.07 Å². The zero-order valence-electron chi connectivity index (χ0n) is 9.52. The molecule has 8 nitrogen and oxygen atoms in total. The van der Waals surface area contributed by atoms with Crippen LogP contribution in [0.2, 0.25) is 0 Å². The first-order valence-corrected chi connectivity index (χ1v) is 5.61. The van der Waals surface area contributed by atoms with E-state index in [1.807, 2.05) is 18.2 Å². The van der Waals surface area contributed by atoms with E-state index in [0.29, 0.717) is 37.3 Å². The van der Waals surface area contributed by atoms with Crippen LogP contribution in [0.1, 0.15) is 0 Å². The van der Waals surface area contributed by atoms with Crippen molar-refractivity contribution >= 4 is 16.8 Å². The minimum atomic E-state index is -0.353. The van der Waals surface area contributed by atoms with Gasteiger partial charge in [-0.3, -0.25) is 0 Å². The zero-order chi connectivity index (χ0) is 12.5. The van der Waals surface area contributed by atoms with Crippen molar-refractivity contribution in [2.75, 3.05) is 31.1 Å². The molecule has 0 saturated carbocycles. The summed E-state index contributed by atoms with van der Waals surface area (Å²) >= 11 is 0. The van der Waals surface area contributed by atoms with E-state index in [0.717, 1.165) is 5.69 Å². The molecule has 1 aromatic carbocycles. The van der Waals surface area contributed by atoms with E-state index in [9.17, 15) is 10.1 Å². The number of nitro groups is 1. The van der Waals surface area contributed by atoms with Crippen molar-refractivity contribution in [3.05, 3.63) is 28.3 Å². The highest BCUT2D eigenvalue weighted by atomic mass is 16.7. The molecule has 0 radical (unpaired) electrons. The van der Waals surface area contributed by atoms with E-state index in [2.05, 4.69) is 15.3 Å².